The molecule has 1 aliphatic rings. The molecular formula is C18H30N2O. The second kappa shape index (κ2) is 7.28. The molecule has 0 radical (unpaired) electrons. The van der Waals surface area contributed by atoms with E-state index < -0.39 is 0 Å². The third kappa shape index (κ3) is 3.41. The second-order valence-electron chi connectivity index (χ2n) is 5.88. The molecule has 3 heteroatoms. The van der Waals surface area contributed by atoms with Crippen molar-refractivity contribution in [1.82, 2.24) is 9.80 Å². The van der Waals surface area contributed by atoms with Crippen molar-refractivity contribution in [3.63, 3.8) is 0 Å². The number of rotatable bonds is 6. The molecule has 21 heavy (non-hydrogen) atoms. The topological polar surface area (TPSA) is 15.7 Å². The summed E-state index contributed by atoms with van der Waals surface area (Å²) < 4.78 is 5.67. The van der Waals surface area contributed by atoms with Crippen molar-refractivity contribution in [1.29, 1.82) is 0 Å². The van der Waals surface area contributed by atoms with E-state index in [4.69, 9.17) is 4.74 Å². The SMILES string of the molecule is CCN(CC)Cc1cc2c(cc1OC)C(C)N(CC)CC2. The molecule has 1 unspecified atom stereocenters. The van der Waals surface area contributed by atoms with E-state index in [0.717, 1.165) is 38.3 Å². The Labute approximate surface area is 129 Å². The van der Waals surface area contributed by atoms with Gasteiger partial charge in [-0.2, -0.15) is 0 Å². The molecule has 0 fully saturated rings. The van der Waals surface area contributed by atoms with Crippen LogP contribution in [0, 0.1) is 0 Å². The molecule has 0 amide bonds. The highest BCUT2D eigenvalue weighted by Gasteiger charge is 2.24. The first-order valence-corrected chi connectivity index (χ1v) is 8.30. The maximum absolute atomic E-state index is 5.67. The van der Waals surface area contributed by atoms with E-state index in [1.165, 1.54) is 23.2 Å². The lowest BCUT2D eigenvalue weighted by Crippen LogP contribution is -2.34. The van der Waals surface area contributed by atoms with Gasteiger partial charge in [-0.3, -0.25) is 9.80 Å². The molecule has 118 valence electrons. The fourth-order valence-electron chi connectivity index (χ4n) is 3.38. The minimum Gasteiger partial charge on any atom is -0.496 e. The second-order valence-corrected chi connectivity index (χ2v) is 5.88. The minimum atomic E-state index is 0.496. The van der Waals surface area contributed by atoms with Crippen LogP contribution in [0.2, 0.25) is 0 Å². The summed E-state index contributed by atoms with van der Waals surface area (Å²) in [7, 11) is 1.79. The van der Waals surface area contributed by atoms with Crippen LogP contribution in [-0.2, 0) is 13.0 Å². The first-order valence-electron chi connectivity index (χ1n) is 8.30. The van der Waals surface area contributed by atoms with Crippen molar-refractivity contribution in [2.75, 3.05) is 33.3 Å². The van der Waals surface area contributed by atoms with E-state index in [-0.39, 0.29) is 0 Å². The lowest BCUT2D eigenvalue weighted by Gasteiger charge is -2.35. The fourth-order valence-corrected chi connectivity index (χ4v) is 3.38. The molecule has 1 aliphatic heterocycles. The van der Waals surface area contributed by atoms with Crippen LogP contribution in [0.25, 0.3) is 0 Å². The van der Waals surface area contributed by atoms with Gasteiger partial charge >= 0.3 is 0 Å². The zero-order chi connectivity index (χ0) is 15.4. The van der Waals surface area contributed by atoms with E-state index >= 15 is 0 Å². The summed E-state index contributed by atoms with van der Waals surface area (Å²) in [5, 5.41) is 0. The molecule has 0 N–H and O–H groups in total. The lowest BCUT2D eigenvalue weighted by atomic mass is 9.91. The Morgan fingerprint density at radius 2 is 1.95 bits per heavy atom. The first-order chi connectivity index (χ1) is 10.1. The maximum atomic E-state index is 5.67. The van der Waals surface area contributed by atoms with Gasteiger partial charge in [0.15, 0.2) is 0 Å². The Balaban J connectivity index is 2.33. The summed E-state index contributed by atoms with van der Waals surface area (Å²) in [4.78, 5) is 4.97. The number of nitrogens with zero attached hydrogens (tertiary/aromatic N) is 2. The van der Waals surface area contributed by atoms with Gasteiger partial charge in [-0.25, -0.2) is 0 Å². The molecule has 0 bridgehead atoms. The van der Waals surface area contributed by atoms with Crippen LogP contribution in [0.5, 0.6) is 5.75 Å². The summed E-state index contributed by atoms with van der Waals surface area (Å²) in [5.41, 5.74) is 4.29. The highest BCUT2D eigenvalue weighted by molar-refractivity contribution is 5.45. The molecular weight excluding hydrogens is 260 g/mol. The normalized spacial score (nSPS) is 18.9. The average Bonchev–Trinajstić information content (AvgIpc) is 2.52. The monoisotopic (exact) mass is 290 g/mol. The fraction of sp³-hybridized carbons (Fsp3) is 0.667. The summed E-state index contributed by atoms with van der Waals surface area (Å²) in [6, 6.07) is 5.16. The van der Waals surface area contributed by atoms with Gasteiger partial charge in [-0.15, -0.1) is 0 Å². The Bertz CT molecular complexity index is 469. The number of fused-ring (bicyclic) bond motifs is 1. The van der Waals surface area contributed by atoms with Gasteiger partial charge in [0, 0.05) is 24.7 Å². The van der Waals surface area contributed by atoms with E-state index in [1.807, 2.05) is 0 Å². The van der Waals surface area contributed by atoms with Crippen molar-refractivity contribution in [3.05, 3.63) is 28.8 Å². The number of ether oxygens (including phenoxy) is 1. The zero-order valence-corrected chi connectivity index (χ0v) is 14.3. The average molecular weight is 290 g/mol. The molecule has 1 aromatic carbocycles. The molecule has 0 spiro atoms. The number of hydrogen-bond acceptors (Lipinski definition) is 3. The summed E-state index contributed by atoms with van der Waals surface area (Å²) >= 11 is 0. The van der Waals surface area contributed by atoms with Gasteiger partial charge in [-0.05, 0) is 50.2 Å². The molecule has 0 aromatic heterocycles. The van der Waals surface area contributed by atoms with Crippen LogP contribution in [0.4, 0.5) is 0 Å². The van der Waals surface area contributed by atoms with Crippen LogP contribution < -0.4 is 4.74 Å². The molecule has 3 nitrogen and oxygen atoms in total. The number of hydrogen-bond donors (Lipinski definition) is 0. The predicted molar refractivity (Wildman–Crippen MR) is 89.0 cm³/mol. The molecule has 1 atom stereocenters. The quantitative estimate of drug-likeness (QED) is 0.798. The van der Waals surface area contributed by atoms with Crippen molar-refractivity contribution in [2.45, 2.75) is 46.7 Å². The van der Waals surface area contributed by atoms with Crippen molar-refractivity contribution >= 4 is 0 Å². The summed E-state index contributed by atoms with van der Waals surface area (Å²) in [6.45, 7) is 14.4. The Morgan fingerprint density at radius 3 is 2.52 bits per heavy atom. The summed E-state index contributed by atoms with van der Waals surface area (Å²) in [6.07, 6.45) is 1.16. The van der Waals surface area contributed by atoms with E-state index in [1.54, 1.807) is 7.11 Å². The zero-order valence-electron chi connectivity index (χ0n) is 14.3. The van der Waals surface area contributed by atoms with Gasteiger partial charge < -0.3 is 4.74 Å². The molecule has 1 aromatic rings. The highest BCUT2D eigenvalue weighted by atomic mass is 16.5. The van der Waals surface area contributed by atoms with Crippen LogP contribution in [-0.4, -0.2) is 43.1 Å². The van der Waals surface area contributed by atoms with Gasteiger partial charge in [0.2, 0.25) is 0 Å². The van der Waals surface area contributed by atoms with Crippen LogP contribution >= 0.6 is 0 Å². The third-order valence-corrected chi connectivity index (χ3v) is 4.90. The molecule has 0 saturated carbocycles. The highest BCUT2D eigenvalue weighted by Crippen LogP contribution is 2.34. The molecule has 0 saturated heterocycles. The lowest BCUT2D eigenvalue weighted by molar-refractivity contribution is 0.208. The number of methoxy groups -OCH3 is 1. The van der Waals surface area contributed by atoms with Crippen molar-refractivity contribution in [3.8, 4) is 5.75 Å². The molecule has 2 rings (SSSR count). The number of likely N-dealkylation sites (N-methyl/N-ethyl adjacent to an activating group) is 1. The van der Waals surface area contributed by atoms with Crippen LogP contribution in [0.15, 0.2) is 12.1 Å². The molecule has 0 aliphatic carbocycles. The van der Waals surface area contributed by atoms with Gasteiger partial charge in [0.25, 0.3) is 0 Å². The van der Waals surface area contributed by atoms with Gasteiger partial charge in [0.05, 0.1) is 7.11 Å². The van der Waals surface area contributed by atoms with Crippen molar-refractivity contribution < 1.29 is 4.74 Å². The largest absolute Gasteiger partial charge is 0.496 e. The summed E-state index contributed by atoms with van der Waals surface area (Å²) in [5.74, 6) is 1.05. The van der Waals surface area contributed by atoms with Crippen LogP contribution in [0.3, 0.4) is 0 Å². The third-order valence-electron chi connectivity index (χ3n) is 4.90. The minimum absolute atomic E-state index is 0.496. The Kier molecular flexibility index (Phi) is 5.65. The molecule has 1 heterocycles. The first kappa shape index (κ1) is 16.3. The van der Waals surface area contributed by atoms with Gasteiger partial charge in [0.1, 0.15) is 5.75 Å². The maximum Gasteiger partial charge on any atom is 0.123 e. The van der Waals surface area contributed by atoms with E-state index in [0.29, 0.717) is 6.04 Å². The van der Waals surface area contributed by atoms with E-state index in [9.17, 15) is 0 Å². The number of benzene rings is 1. The van der Waals surface area contributed by atoms with E-state index in [2.05, 4.69) is 49.6 Å². The Hall–Kier alpha value is -1.06. The van der Waals surface area contributed by atoms with Crippen LogP contribution in [0.1, 0.15) is 50.4 Å². The Morgan fingerprint density at radius 1 is 1.24 bits per heavy atom. The van der Waals surface area contributed by atoms with Crippen molar-refractivity contribution in [2.24, 2.45) is 0 Å². The standard InChI is InChI=1S/C18H30N2O/c1-6-19(7-2)13-16-11-15-9-10-20(8-3)14(4)17(15)12-18(16)21-5/h11-12,14H,6-10,13H2,1-5H3. The smallest absolute Gasteiger partial charge is 0.123 e. The van der Waals surface area contributed by atoms with Gasteiger partial charge in [-0.1, -0.05) is 26.8 Å². The predicted octanol–water partition coefficient (Wildman–Crippen LogP) is 3.48.